The lowest BCUT2D eigenvalue weighted by Gasteiger charge is -2.00. The van der Waals surface area contributed by atoms with Crippen LogP contribution in [0.2, 0.25) is 0 Å². The summed E-state index contributed by atoms with van der Waals surface area (Å²) in [5.41, 5.74) is 0.287. The predicted octanol–water partition coefficient (Wildman–Crippen LogP) is 3.21. The summed E-state index contributed by atoms with van der Waals surface area (Å²) in [5, 5.41) is 0. The van der Waals surface area contributed by atoms with Crippen LogP contribution >= 0.6 is 0 Å². The van der Waals surface area contributed by atoms with E-state index in [9.17, 15) is 13.2 Å². The molecule has 3 nitrogen and oxygen atoms in total. The fourth-order valence-corrected chi connectivity index (χ4v) is 1.50. The molecule has 18 heavy (non-hydrogen) atoms. The van der Waals surface area contributed by atoms with Crippen molar-refractivity contribution in [2.24, 2.45) is 0 Å². The van der Waals surface area contributed by atoms with E-state index in [-0.39, 0.29) is 18.1 Å². The van der Waals surface area contributed by atoms with Crippen LogP contribution < -0.4 is 0 Å². The summed E-state index contributed by atoms with van der Waals surface area (Å²) < 4.78 is 49.5. The molecule has 2 aromatic rings. The molecule has 96 valence electrons. The Morgan fingerprint density at radius 1 is 1.22 bits per heavy atom. The lowest BCUT2D eigenvalue weighted by atomic mass is 10.2. The molecule has 1 aromatic carbocycles. The molecule has 0 aliphatic rings. The summed E-state index contributed by atoms with van der Waals surface area (Å²) in [6.07, 6.45) is 0. The average Bonchev–Trinajstić information content (AvgIpc) is 2.68. The number of hydrogen-bond donors (Lipinski definition) is 0. The maximum atomic E-state index is 13.5. The third-order valence-corrected chi connectivity index (χ3v) is 2.43. The number of ether oxygens (including phenoxy) is 1. The minimum Gasteiger partial charge on any atom is -0.438 e. The van der Waals surface area contributed by atoms with Crippen LogP contribution in [0, 0.1) is 24.4 Å². The van der Waals surface area contributed by atoms with Crippen LogP contribution in [0.3, 0.4) is 0 Å². The molecule has 0 fully saturated rings. The highest BCUT2D eigenvalue weighted by Crippen LogP contribution is 2.27. The molecule has 1 heterocycles. The van der Waals surface area contributed by atoms with E-state index in [0.29, 0.717) is 11.5 Å². The number of halogens is 3. The zero-order valence-electron chi connectivity index (χ0n) is 9.76. The van der Waals surface area contributed by atoms with Gasteiger partial charge >= 0.3 is 0 Å². The van der Waals surface area contributed by atoms with Gasteiger partial charge in [-0.25, -0.2) is 18.2 Å². The number of methoxy groups -OCH3 is 1. The fourth-order valence-electron chi connectivity index (χ4n) is 1.50. The number of aromatic nitrogens is 1. The highest BCUT2D eigenvalue weighted by Gasteiger charge is 2.19. The summed E-state index contributed by atoms with van der Waals surface area (Å²) in [6.45, 7) is 1.82. The lowest BCUT2D eigenvalue weighted by Crippen LogP contribution is -1.93. The molecule has 0 spiro atoms. The number of oxazole rings is 1. The topological polar surface area (TPSA) is 35.3 Å². The van der Waals surface area contributed by atoms with Crippen molar-refractivity contribution in [3.8, 4) is 11.5 Å². The van der Waals surface area contributed by atoms with Gasteiger partial charge in [-0.2, -0.15) is 0 Å². The molecule has 0 saturated heterocycles. The molecule has 0 radical (unpaired) electrons. The standard InChI is InChI=1S/C12H10F3NO2/c1-6-9(5-17-2)18-12(16-6)7-3-4-8(13)11(15)10(7)14/h3-4H,5H2,1-2H3. The number of hydrogen-bond acceptors (Lipinski definition) is 3. The molecule has 0 atom stereocenters. The van der Waals surface area contributed by atoms with E-state index in [1.165, 1.54) is 7.11 Å². The molecule has 0 saturated carbocycles. The molecular formula is C12H10F3NO2. The van der Waals surface area contributed by atoms with E-state index in [4.69, 9.17) is 9.15 Å². The van der Waals surface area contributed by atoms with Crippen molar-refractivity contribution >= 4 is 0 Å². The highest BCUT2D eigenvalue weighted by atomic mass is 19.2. The van der Waals surface area contributed by atoms with Crippen LogP contribution in [0.15, 0.2) is 16.5 Å². The highest BCUT2D eigenvalue weighted by molar-refractivity contribution is 5.54. The Morgan fingerprint density at radius 3 is 2.61 bits per heavy atom. The van der Waals surface area contributed by atoms with Crippen molar-refractivity contribution < 1.29 is 22.3 Å². The largest absolute Gasteiger partial charge is 0.438 e. The summed E-state index contributed by atoms with van der Waals surface area (Å²) >= 11 is 0. The van der Waals surface area contributed by atoms with Crippen molar-refractivity contribution in [2.45, 2.75) is 13.5 Å². The number of aryl methyl sites for hydroxylation is 1. The summed E-state index contributed by atoms with van der Waals surface area (Å²) in [5.74, 6) is -3.80. The molecule has 0 amide bonds. The van der Waals surface area contributed by atoms with Gasteiger partial charge in [0.15, 0.2) is 23.2 Å². The van der Waals surface area contributed by atoms with E-state index >= 15 is 0 Å². The van der Waals surface area contributed by atoms with E-state index in [2.05, 4.69) is 4.98 Å². The van der Waals surface area contributed by atoms with Crippen molar-refractivity contribution in [1.29, 1.82) is 0 Å². The molecule has 0 N–H and O–H groups in total. The summed E-state index contributed by atoms with van der Waals surface area (Å²) in [6, 6.07) is 1.90. The normalized spacial score (nSPS) is 10.9. The van der Waals surface area contributed by atoms with Crippen molar-refractivity contribution in [3.63, 3.8) is 0 Å². The monoisotopic (exact) mass is 257 g/mol. The molecular weight excluding hydrogens is 247 g/mol. The van der Waals surface area contributed by atoms with Gasteiger partial charge in [0.2, 0.25) is 5.89 Å². The molecule has 1 aromatic heterocycles. The van der Waals surface area contributed by atoms with Crippen molar-refractivity contribution in [2.75, 3.05) is 7.11 Å². The van der Waals surface area contributed by atoms with Crippen LogP contribution in [-0.4, -0.2) is 12.1 Å². The quantitative estimate of drug-likeness (QED) is 0.792. The van der Waals surface area contributed by atoms with Gasteiger partial charge in [-0.05, 0) is 19.1 Å². The second-order valence-corrected chi connectivity index (χ2v) is 3.68. The minimum atomic E-state index is -1.54. The van der Waals surface area contributed by atoms with Crippen molar-refractivity contribution in [1.82, 2.24) is 4.98 Å². The van der Waals surface area contributed by atoms with E-state index in [0.717, 1.165) is 12.1 Å². The molecule has 2 rings (SSSR count). The molecule has 0 aliphatic heterocycles. The van der Waals surface area contributed by atoms with Crippen LogP contribution in [0.4, 0.5) is 13.2 Å². The van der Waals surface area contributed by atoms with Gasteiger partial charge in [-0.1, -0.05) is 0 Å². The Hall–Kier alpha value is -1.82. The summed E-state index contributed by atoms with van der Waals surface area (Å²) in [7, 11) is 1.47. The molecule has 0 bridgehead atoms. The molecule has 0 unspecified atom stereocenters. The number of rotatable bonds is 3. The first kappa shape index (κ1) is 12.6. The maximum Gasteiger partial charge on any atom is 0.229 e. The first-order valence-corrected chi connectivity index (χ1v) is 5.13. The first-order chi connectivity index (χ1) is 8.54. The van der Waals surface area contributed by atoms with Gasteiger partial charge in [0.1, 0.15) is 6.61 Å². The van der Waals surface area contributed by atoms with Crippen molar-refractivity contribution in [3.05, 3.63) is 41.0 Å². The maximum absolute atomic E-state index is 13.5. The molecule has 6 heteroatoms. The van der Waals surface area contributed by atoms with Gasteiger partial charge < -0.3 is 9.15 Å². The number of benzene rings is 1. The Balaban J connectivity index is 2.49. The lowest BCUT2D eigenvalue weighted by molar-refractivity contribution is 0.164. The van der Waals surface area contributed by atoms with Gasteiger partial charge in [0, 0.05) is 7.11 Å². The number of nitrogens with zero attached hydrogens (tertiary/aromatic N) is 1. The van der Waals surface area contributed by atoms with Gasteiger partial charge in [-0.15, -0.1) is 0 Å². The van der Waals surface area contributed by atoms with Gasteiger partial charge in [0.25, 0.3) is 0 Å². The smallest absolute Gasteiger partial charge is 0.229 e. The zero-order chi connectivity index (χ0) is 13.3. The van der Waals surface area contributed by atoms with E-state index < -0.39 is 17.5 Å². The Kier molecular flexibility index (Phi) is 3.38. The summed E-state index contributed by atoms with van der Waals surface area (Å²) in [4.78, 5) is 3.96. The van der Waals surface area contributed by atoms with Gasteiger partial charge in [-0.3, -0.25) is 0 Å². The third-order valence-electron chi connectivity index (χ3n) is 2.43. The fraction of sp³-hybridized carbons (Fsp3) is 0.250. The van der Waals surface area contributed by atoms with Crippen LogP contribution in [0.5, 0.6) is 0 Å². The van der Waals surface area contributed by atoms with Crippen LogP contribution in [0.1, 0.15) is 11.5 Å². The Bertz CT molecular complexity index is 581. The Morgan fingerprint density at radius 2 is 1.94 bits per heavy atom. The average molecular weight is 257 g/mol. The minimum absolute atomic E-state index is 0.101. The van der Waals surface area contributed by atoms with Crippen LogP contribution in [-0.2, 0) is 11.3 Å². The second kappa shape index (κ2) is 4.81. The first-order valence-electron chi connectivity index (χ1n) is 5.13. The third kappa shape index (κ3) is 2.11. The SMILES string of the molecule is COCc1oc(-c2ccc(F)c(F)c2F)nc1C. The van der Waals surface area contributed by atoms with E-state index in [1.807, 2.05) is 0 Å². The van der Waals surface area contributed by atoms with Gasteiger partial charge in [0.05, 0.1) is 11.3 Å². The van der Waals surface area contributed by atoms with Crippen LogP contribution in [0.25, 0.3) is 11.5 Å². The zero-order valence-corrected chi connectivity index (χ0v) is 9.76. The second-order valence-electron chi connectivity index (χ2n) is 3.68. The Labute approximate surface area is 101 Å². The predicted molar refractivity (Wildman–Crippen MR) is 57.3 cm³/mol. The van der Waals surface area contributed by atoms with E-state index in [1.54, 1.807) is 6.92 Å². The molecule has 0 aliphatic carbocycles.